The molecule has 0 aliphatic heterocycles. The van der Waals surface area contributed by atoms with Crippen molar-refractivity contribution in [3.63, 3.8) is 0 Å². The third-order valence-electron chi connectivity index (χ3n) is 2.99. The summed E-state index contributed by atoms with van der Waals surface area (Å²) in [5.74, 6) is 0. The van der Waals surface area contributed by atoms with Gasteiger partial charge in [-0.2, -0.15) is 0 Å². The molecule has 0 atom stereocenters. The zero-order chi connectivity index (χ0) is 15.9. The van der Waals surface area contributed by atoms with Gasteiger partial charge in [0.25, 0.3) is 5.69 Å². The van der Waals surface area contributed by atoms with Gasteiger partial charge in [-0.3, -0.25) is 20.2 Å². The fourth-order valence-corrected chi connectivity index (χ4v) is 2.60. The molecule has 0 aliphatic rings. The van der Waals surface area contributed by atoms with E-state index in [0.29, 0.717) is 0 Å². The van der Waals surface area contributed by atoms with E-state index in [-0.39, 0.29) is 11.1 Å². The van der Waals surface area contributed by atoms with Crippen molar-refractivity contribution in [2.24, 2.45) is 5.14 Å². The van der Waals surface area contributed by atoms with Crippen LogP contribution in [0.1, 0.15) is 25.0 Å². The highest BCUT2D eigenvalue weighted by atomic mass is 32.2. The SMILES string of the molecule is Cc1c(S(N)(=O)=O)ccc(C(C)(C)[N+](=O)[O-])c1[N+](=O)[O-]. The van der Waals surface area contributed by atoms with Crippen LogP contribution in [0.5, 0.6) is 0 Å². The average Bonchev–Trinajstić information content (AvgIpc) is 2.25. The Hall–Kier alpha value is -2.07. The Morgan fingerprint density at radius 2 is 1.70 bits per heavy atom. The van der Waals surface area contributed by atoms with Crippen molar-refractivity contribution in [1.29, 1.82) is 0 Å². The van der Waals surface area contributed by atoms with Gasteiger partial charge < -0.3 is 0 Å². The van der Waals surface area contributed by atoms with E-state index in [4.69, 9.17) is 5.14 Å². The van der Waals surface area contributed by atoms with Crippen LogP contribution in [0.2, 0.25) is 0 Å². The number of nitro groups is 2. The van der Waals surface area contributed by atoms with E-state index in [2.05, 4.69) is 0 Å². The van der Waals surface area contributed by atoms with E-state index in [9.17, 15) is 28.6 Å². The number of benzene rings is 1. The minimum atomic E-state index is -4.15. The minimum Gasteiger partial charge on any atom is -0.264 e. The molecule has 9 nitrogen and oxygen atoms in total. The Morgan fingerprint density at radius 3 is 2.05 bits per heavy atom. The maximum Gasteiger partial charge on any atom is 0.283 e. The van der Waals surface area contributed by atoms with Gasteiger partial charge in [0.05, 0.1) is 9.82 Å². The number of sulfonamides is 1. The van der Waals surface area contributed by atoms with E-state index >= 15 is 0 Å². The van der Waals surface area contributed by atoms with Crippen molar-refractivity contribution >= 4 is 15.7 Å². The Balaban J connectivity index is 3.80. The molecular formula is C10H13N3O6S. The number of nitro benzene ring substituents is 1. The lowest BCUT2D eigenvalue weighted by Gasteiger charge is -2.17. The minimum absolute atomic E-state index is 0.183. The summed E-state index contributed by atoms with van der Waals surface area (Å²) in [4.78, 5) is 20.2. The van der Waals surface area contributed by atoms with Gasteiger partial charge in [-0.1, -0.05) is 0 Å². The first-order valence-electron chi connectivity index (χ1n) is 5.36. The molecule has 1 aromatic rings. The third kappa shape index (κ3) is 2.60. The molecule has 0 saturated carbocycles. The van der Waals surface area contributed by atoms with E-state index in [0.717, 1.165) is 12.1 Å². The molecule has 0 heterocycles. The van der Waals surface area contributed by atoms with E-state index < -0.39 is 36.0 Å². The summed E-state index contributed by atoms with van der Waals surface area (Å²) in [6, 6.07) is 2.09. The topological polar surface area (TPSA) is 146 Å². The number of hydrogen-bond donors (Lipinski definition) is 1. The van der Waals surface area contributed by atoms with Crippen LogP contribution in [0.15, 0.2) is 17.0 Å². The molecule has 0 aliphatic carbocycles. The van der Waals surface area contributed by atoms with Crippen molar-refractivity contribution in [3.05, 3.63) is 43.5 Å². The van der Waals surface area contributed by atoms with Gasteiger partial charge in [0.15, 0.2) is 0 Å². The molecule has 0 aromatic heterocycles. The molecule has 110 valence electrons. The summed E-state index contributed by atoms with van der Waals surface area (Å²) in [6.45, 7) is 3.59. The molecule has 1 aromatic carbocycles. The van der Waals surface area contributed by atoms with E-state index in [1.165, 1.54) is 20.8 Å². The number of nitrogens with two attached hydrogens (primary N) is 1. The van der Waals surface area contributed by atoms with Gasteiger partial charge in [0.1, 0.15) is 5.56 Å². The van der Waals surface area contributed by atoms with Crippen LogP contribution < -0.4 is 5.14 Å². The molecule has 2 N–H and O–H groups in total. The molecule has 0 spiro atoms. The number of rotatable bonds is 4. The molecule has 0 fully saturated rings. The molecule has 0 bridgehead atoms. The van der Waals surface area contributed by atoms with Crippen molar-refractivity contribution in [1.82, 2.24) is 0 Å². The lowest BCUT2D eigenvalue weighted by molar-refractivity contribution is -0.570. The molecule has 0 saturated heterocycles. The van der Waals surface area contributed by atoms with Gasteiger partial charge in [0, 0.05) is 24.3 Å². The van der Waals surface area contributed by atoms with Crippen LogP contribution in [0, 0.1) is 27.2 Å². The normalized spacial score (nSPS) is 12.2. The summed E-state index contributed by atoms with van der Waals surface area (Å²) >= 11 is 0. The Morgan fingerprint density at radius 1 is 1.20 bits per heavy atom. The maximum atomic E-state index is 11.3. The molecule has 0 unspecified atom stereocenters. The van der Waals surface area contributed by atoms with E-state index in [1.807, 2.05) is 0 Å². The van der Waals surface area contributed by atoms with Gasteiger partial charge in [-0.05, 0) is 19.1 Å². The van der Waals surface area contributed by atoms with Gasteiger partial charge in [-0.15, -0.1) is 0 Å². The first-order chi connectivity index (χ1) is 8.90. The summed E-state index contributed by atoms with van der Waals surface area (Å²) in [7, 11) is -4.15. The van der Waals surface area contributed by atoms with Crippen LogP contribution in [-0.2, 0) is 15.6 Å². The zero-order valence-corrected chi connectivity index (χ0v) is 11.8. The lowest BCUT2D eigenvalue weighted by atomic mass is 9.91. The van der Waals surface area contributed by atoms with Gasteiger partial charge >= 0.3 is 0 Å². The van der Waals surface area contributed by atoms with E-state index in [1.54, 1.807) is 0 Å². The second kappa shape index (κ2) is 4.80. The molecular weight excluding hydrogens is 290 g/mol. The Bertz CT molecular complexity index is 695. The summed E-state index contributed by atoms with van der Waals surface area (Å²) < 4.78 is 22.7. The van der Waals surface area contributed by atoms with Crippen LogP contribution in [0.3, 0.4) is 0 Å². The van der Waals surface area contributed by atoms with Crippen LogP contribution >= 0.6 is 0 Å². The number of hydrogen-bond acceptors (Lipinski definition) is 6. The smallest absolute Gasteiger partial charge is 0.264 e. The summed E-state index contributed by atoms with van der Waals surface area (Å²) in [5.41, 5.74) is -2.75. The first-order valence-corrected chi connectivity index (χ1v) is 6.91. The largest absolute Gasteiger partial charge is 0.283 e. The maximum absolute atomic E-state index is 11.3. The highest BCUT2D eigenvalue weighted by Crippen LogP contribution is 2.36. The second-order valence-corrected chi connectivity index (χ2v) is 6.23. The molecule has 0 amide bonds. The number of nitrogens with zero attached hydrogens (tertiary/aromatic N) is 2. The lowest BCUT2D eigenvalue weighted by Crippen LogP contribution is -2.29. The van der Waals surface area contributed by atoms with Crippen molar-refractivity contribution < 1.29 is 18.3 Å². The summed E-state index contributed by atoms with van der Waals surface area (Å²) in [5, 5.41) is 27.1. The van der Waals surface area contributed by atoms with Crippen LogP contribution in [0.25, 0.3) is 0 Å². The third-order valence-corrected chi connectivity index (χ3v) is 4.04. The van der Waals surface area contributed by atoms with Crippen LogP contribution in [0.4, 0.5) is 5.69 Å². The highest BCUT2D eigenvalue weighted by molar-refractivity contribution is 7.89. The second-order valence-electron chi connectivity index (χ2n) is 4.70. The monoisotopic (exact) mass is 303 g/mol. The Labute approximate surface area is 114 Å². The predicted octanol–water partition coefficient (Wildman–Crippen LogP) is 1.06. The van der Waals surface area contributed by atoms with Gasteiger partial charge in [-0.25, -0.2) is 13.6 Å². The quantitative estimate of drug-likeness (QED) is 0.649. The van der Waals surface area contributed by atoms with Gasteiger partial charge in [0.2, 0.25) is 15.6 Å². The van der Waals surface area contributed by atoms with Crippen LogP contribution in [-0.4, -0.2) is 18.3 Å². The molecule has 10 heteroatoms. The molecule has 1 rings (SSSR count). The standard InChI is InChI=1S/C10H13N3O6S/c1-6-8(20(11,18)19)5-4-7(9(6)12(14)15)10(2,3)13(16)17/h4-5H,1-3H3,(H2,11,18,19). The summed E-state index contributed by atoms with van der Waals surface area (Å²) in [6.07, 6.45) is 0. The fraction of sp³-hybridized carbons (Fsp3) is 0.400. The zero-order valence-electron chi connectivity index (χ0n) is 11.0. The molecule has 0 radical (unpaired) electrons. The Kier molecular flexibility index (Phi) is 3.83. The fourth-order valence-electron chi connectivity index (χ4n) is 1.82. The average molecular weight is 303 g/mol. The van der Waals surface area contributed by atoms with Crippen molar-refractivity contribution in [2.75, 3.05) is 0 Å². The number of primary sulfonamides is 1. The molecule has 20 heavy (non-hydrogen) atoms. The first kappa shape index (κ1) is 16.0. The predicted molar refractivity (Wildman–Crippen MR) is 69.2 cm³/mol. The highest BCUT2D eigenvalue weighted by Gasteiger charge is 2.41. The van der Waals surface area contributed by atoms with Crippen molar-refractivity contribution in [2.45, 2.75) is 31.2 Å². The van der Waals surface area contributed by atoms with Crippen molar-refractivity contribution in [3.8, 4) is 0 Å².